The third-order valence-electron chi connectivity index (χ3n) is 4.41. The van der Waals surface area contributed by atoms with Gasteiger partial charge in [-0.3, -0.25) is 4.79 Å². The number of phenols is 1. The molecule has 0 aromatic heterocycles. The monoisotopic (exact) mass is 380 g/mol. The normalized spacial score (nSPS) is 11.0. The van der Waals surface area contributed by atoms with Gasteiger partial charge in [0.15, 0.2) is 0 Å². The summed E-state index contributed by atoms with van der Waals surface area (Å²) in [6.45, 7) is 0.0799. The molecule has 0 aliphatic carbocycles. The van der Waals surface area contributed by atoms with Crippen LogP contribution in [0.2, 0.25) is 0 Å². The van der Waals surface area contributed by atoms with Crippen molar-refractivity contribution >= 4 is 5.91 Å². The van der Waals surface area contributed by atoms with Gasteiger partial charge in [0.25, 0.3) is 5.91 Å². The van der Waals surface area contributed by atoms with Gasteiger partial charge in [0.1, 0.15) is 5.75 Å². The van der Waals surface area contributed by atoms with Gasteiger partial charge in [-0.05, 0) is 24.5 Å². The standard InChI is InChI=1S/C17H24N4O6/c1-2-3-4-12-5-6-13(15(23)14(12)7-22)16(24)18-8-17(9-19-25,10-20-26)11-21-27/h5-6,22-23H,2-4,7-11H2,1H3,(H,18,24). The number of aromatic hydroxyl groups is 1. The Morgan fingerprint density at radius 3 is 2.19 bits per heavy atom. The number of carbonyl (C=O) groups excluding carboxylic acids is 1. The SMILES string of the molecule is CCCCc1ccc(C(=O)NCC(CN=O)(CN=O)CN=O)c(O)c1CO. The van der Waals surface area contributed by atoms with Crippen molar-refractivity contribution < 1.29 is 15.0 Å². The van der Waals surface area contributed by atoms with Crippen molar-refractivity contribution in [2.24, 2.45) is 20.9 Å². The summed E-state index contributed by atoms with van der Waals surface area (Å²) in [6.07, 6.45) is 2.47. The van der Waals surface area contributed by atoms with Crippen LogP contribution in [-0.4, -0.2) is 42.3 Å². The summed E-state index contributed by atoms with van der Waals surface area (Å²) in [4.78, 5) is 44.3. The quantitative estimate of drug-likeness (QED) is 0.445. The number of aryl methyl sites for hydroxylation is 1. The fourth-order valence-corrected chi connectivity index (χ4v) is 2.73. The van der Waals surface area contributed by atoms with Crippen molar-refractivity contribution in [3.05, 3.63) is 43.5 Å². The Kier molecular flexibility index (Phi) is 9.14. The fourth-order valence-electron chi connectivity index (χ4n) is 2.73. The van der Waals surface area contributed by atoms with E-state index in [2.05, 4.69) is 20.8 Å². The number of unbranched alkanes of at least 4 members (excludes halogenated alkanes) is 1. The highest BCUT2D eigenvalue weighted by atomic mass is 16.3. The van der Waals surface area contributed by atoms with Crippen LogP contribution in [0.15, 0.2) is 27.7 Å². The molecule has 1 rings (SSSR count). The van der Waals surface area contributed by atoms with Crippen LogP contribution in [0, 0.1) is 20.1 Å². The average Bonchev–Trinajstić information content (AvgIpc) is 2.65. The molecule has 1 aromatic rings. The zero-order valence-corrected chi connectivity index (χ0v) is 15.2. The van der Waals surface area contributed by atoms with E-state index in [-0.39, 0.29) is 23.4 Å². The van der Waals surface area contributed by atoms with Gasteiger partial charge in [-0.1, -0.05) is 34.9 Å². The summed E-state index contributed by atoms with van der Waals surface area (Å²) in [6, 6.07) is 3.10. The molecule has 0 aliphatic heterocycles. The van der Waals surface area contributed by atoms with E-state index in [0.717, 1.165) is 18.4 Å². The topological polar surface area (TPSA) is 158 Å². The Labute approximate surface area is 156 Å². The summed E-state index contributed by atoms with van der Waals surface area (Å²) in [5.41, 5.74) is -0.341. The number of benzene rings is 1. The van der Waals surface area contributed by atoms with Crippen molar-refractivity contribution in [1.82, 2.24) is 5.32 Å². The minimum atomic E-state index is -1.31. The van der Waals surface area contributed by atoms with Crippen LogP contribution in [-0.2, 0) is 13.0 Å². The fraction of sp³-hybridized carbons (Fsp3) is 0.588. The first-order chi connectivity index (χ1) is 13.0. The van der Waals surface area contributed by atoms with Gasteiger partial charge in [-0.2, -0.15) is 14.7 Å². The maximum absolute atomic E-state index is 12.4. The maximum Gasteiger partial charge on any atom is 0.255 e. The lowest BCUT2D eigenvalue weighted by Gasteiger charge is -2.25. The van der Waals surface area contributed by atoms with Crippen molar-refractivity contribution in [3.63, 3.8) is 0 Å². The first-order valence-electron chi connectivity index (χ1n) is 8.58. The molecule has 0 bridgehead atoms. The molecule has 0 atom stereocenters. The van der Waals surface area contributed by atoms with E-state index in [4.69, 9.17) is 0 Å². The molecular weight excluding hydrogens is 356 g/mol. The number of rotatable bonds is 13. The molecule has 0 heterocycles. The van der Waals surface area contributed by atoms with E-state index in [1.54, 1.807) is 6.07 Å². The van der Waals surface area contributed by atoms with Crippen LogP contribution in [0.1, 0.15) is 41.3 Å². The molecule has 0 saturated heterocycles. The van der Waals surface area contributed by atoms with Crippen LogP contribution in [0.25, 0.3) is 0 Å². The second-order valence-electron chi connectivity index (χ2n) is 6.41. The van der Waals surface area contributed by atoms with Crippen molar-refractivity contribution in [3.8, 4) is 5.75 Å². The van der Waals surface area contributed by atoms with E-state index in [9.17, 15) is 29.7 Å². The van der Waals surface area contributed by atoms with Gasteiger partial charge in [0, 0.05) is 12.1 Å². The van der Waals surface area contributed by atoms with E-state index >= 15 is 0 Å². The summed E-state index contributed by atoms with van der Waals surface area (Å²) < 4.78 is 0. The molecule has 148 valence electrons. The lowest BCUT2D eigenvalue weighted by atomic mass is 9.88. The molecule has 1 amide bonds. The lowest BCUT2D eigenvalue weighted by Crippen LogP contribution is -2.44. The molecule has 3 N–H and O–H groups in total. The zero-order valence-electron chi connectivity index (χ0n) is 15.2. The predicted octanol–water partition coefficient (Wildman–Crippen LogP) is 2.24. The highest BCUT2D eigenvalue weighted by Gasteiger charge is 2.33. The minimum absolute atomic E-state index is 0.0645. The van der Waals surface area contributed by atoms with Crippen LogP contribution >= 0.6 is 0 Å². The van der Waals surface area contributed by atoms with Gasteiger partial charge >= 0.3 is 0 Å². The van der Waals surface area contributed by atoms with Crippen molar-refractivity contribution in [2.75, 3.05) is 26.2 Å². The van der Waals surface area contributed by atoms with E-state index in [1.165, 1.54) is 6.07 Å². The molecule has 0 saturated carbocycles. The van der Waals surface area contributed by atoms with Gasteiger partial charge in [0.2, 0.25) is 0 Å². The molecule has 0 unspecified atom stereocenters. The van der Waals surface area contributed by atoms with Gasteiger partial charge in [0.05, 0.1) is 37.2 Å². The molecule has 0 aliphatic rings. The number of amides is 1. The Morgan fingerprint density at radius 1 is 1.11 bits per heavy atom. The summed E-state index contributed by atoms with van der Waals surface area (Å²) in [5.74, 6) is -1.01. The number of nitrogens with zero attached hydrogens (tertiary/aromatic N) is 3. The average molecular weight is 380 g/mol. The molecular formula is C17H24N4O6. The number of nitroso groups, excluding NO2 is 3. The van der Waals surface area contributed by atoms with E-state index in [1.807, 2.05) is 6.92 Å². The Hall–Kier alpha value is -2.75. The molecule has 27 heavy (non-hydrogen) atoms. The predicted molar refractivity (Wildman–Crippen MR) is 99.4 cm³/mol. The summed E-state index contributed by atoms with van der Waals surface area (Å²) in [5, 5.41) is 30.5. The number of hydrogen-bond donors (Lipinski definition) is 3. The van der Waals surface area contributed by atoms with Crippen molar-refractivity contribution in [2.45, 2.75) is 32.8 Å². The van der Waals surface area contributed by atoms with Crippen LogP contribution in [0.4, 0.5) is 0 Å². The van der Waals surface area contributed by atoms with Crippen LogP contribution in [0.3, 0.4) is 0 Å². The second-order valence-corrected chi connectivity index (χ2v) is 6.41. The second kappa shape index (κ2) is 11.1. The zero-order chi connectivity index (χ0) is 20.3. The number of carbonyl (C=O) groups is 1. The summed E-state index contributed by atoms with van der Waals surface area (Å²) >= 11 is 0. The molecule has 0 fully saturated rings. The number of nitrogens with one attached hydrogen (secondary N) is 1. The van der Waals surface area contributed by atoms with Crippen LogP contribution < -0.4 is 5.32 Å². The maximum atomic E-state index is 12.4. The Balaban J connectivity index is 3.02. The first kappa shape index (κ1) is 22.3. The van der Waals surface area contributed by atoms with Gasteiger partial charge in [-0.25, -0.2) is 0 Å². The lowest BCUT2D eigenvalue weighted by molar-refractivity contribution is 0.0931. The minimum Gasteiger partial charge on any atom is -0.507 e. The first-order valence-corrected chi connectivity index (χ1v) is 8.58. The largest absolute Gasteiger partial charge is 0.507 e. The highest BCUT2D eigenvalue weighted by molar-refractivity contribution is 5.97. The third-order valence-corrected chi connectivity index (χ3v) is 4.41. The highest BCUT2D eigenvalue weighted by Crippen LogP contribution is 2.28. The smallest absolute Gasteiger partial charge is 0.255 e. The Morgan fingerprint density at radius 2 is 1.70 bits per heavy atom. The van der Waals surface area contributed by atoms with E-state index in [0.29, 0.717) is 6.42 Å². The van der Waals surface area contributed by atoms with Crippen molar-refractivity contribution in [1.29, 1.82) is 0 Å². The summed E-state index contributed by atoms with van der Waals surface area (Å²) in [7, 11) is 0. The third kappa shape index (κ3) is 5.88. The number of aliphatic hydroxyl groups is 1. The van der Waals surface area contributed by atoms with E-state index < -0.39 is 37.6 Å². The molecule has 0 spiro atoms. The molecule has 10 heteroatoms. The van der Waals surface area contributed by atoms with Gasteiger partial charge < -0.3 is 15.5 Å². The number of aliphatic hydroxyl groups excluding tert-OH is 1. The Bertz CT molecular complexity index is 653. The van der Waals surface area contributed by atoms with Gasteiger partial charge in [-0.15, -0.1) is 0 Å². The molecule has 0 radical (unpaired) electrons. The number of hydrogen-bond acceptors (Lipinski definition) is 9. The molecule has 10 nitrogen and oxygen atoms in total. The molecule has 1 aromatic carbocycles. The van der Waals surface area contributed by atoms with Crippen LogP contribution in [0.5, 0.6) is 5.75 Å².